The Hall–Kier alpha value is -2.49. The fourth-order valence-corrected chi connectivity index (χ4v) is 2.36. The molecule has 20 heavy (non-hydrogen) atoms. The minimum absolute atomic E-state index is 0.300. The second kappa shape index (κ2) is 4.27. The normalized spacial score (nSPS) is 13.8. The number of carbonyl (C=O) groups excluding carboxylic acids is 2. The number of imide groups is 1. The van der Waals surface area contributed by atoms with Crippen molar-refractivity contribution in [1.29, 1.82) is 0 Å². The summed E-state index contributed by atoms with van der Waals surface area (Å²) in [6, 6.07) is 8.85. The second-order valence-electron chi connectivity index (χ2n) is 5.06. The van der Waals surface area contributed by atoms with Crippen molar-refractivity contribution in [3.05, 3.63) is 58.3 Å². The van der Waals surface area contributed by atoms with Crippen LogP contribution in [0.5, 0.6) is 0 Å². The molecule has 0 N–H and O–H groups in total. The number of fused-ring (bicyclic) bond motifs is 1. The van der Waals surface area contributed by atoms with E-state index >= 15 is 0 Å². The maximum Gasteiger partial charge on any atom is 0.267 e. The molecular weight excluding hydrogens is 252 g/mol. The molecule has 0 bridgehead atoms. The van der Waals surface area contributed by atoms with Crippen LogP contribution in [-0.4, -0.2) is 16.8 Å². The molecule has 0 aliphatic carbocycles. The van der Waals surface area contributed by atoms with Gasteiger partial charge in [0.25, 0.3) is 11.8 Å². The van der Waals surface area contributed by atoms with Gasteiger partial charge in [-0.15, -0.1) is 0 Å². The van der Waals surface area contributed by atoms with Crippen LogP contribution in [-0.2, 0) is 0 Å². The fraction of sp³-hybridized carbons (Fsp3) is 0.188. The zero-order chi connectivity index (χ0) is 14.4. The standard InChI is InChI=1S/C16H14N2O2/c1-9-7-12-13(8-10(9)2)16(20)18(15(12)19)14-6-4-5-11(3)17-14/h4-8H,1-3H3. The third-order valence-electron chi connectivity index (χ3n) is 3.60. The summed E-state index contributed by atoms with van der Waals surface area (Å²) in [4.78, 5) is 30.3. The van der Waals surface area contributed by atoms with Crippen LogP contribution in [0.25, 0.3) is 0 Å². The first kappa shape index (κ1) is 12.5. The lowest BCUT2D eigenvalue weighted by molar-refractivity contribution is 0.0925. The van der Waals surface area contributed by atoms with E-state index in [4.69, 9.17) is 0 Å². The lowest BCUT2D eigenvalue weighted by atomic mass is 10.0. The lowest BCUT2D eigenvalue weighted by Crippen LogP contribution is -2.30. The first-order valence-corrected chi connectivity index (χ1v) is 6.42. The smallest absolute Gasteiger partial charge is 0.267 e. The van der Waals surface area contributed by atoms with Crippen LogP contribution in [0.2, 0.25) is 0 Å². The van der Waals surface area contributed by atoms with Crippen molar-refractivity contribution in [2.24, 2.45) is 0 Å². The molecular formula is C16H14N2O2. The van der Waals surface area contributed by atoms with Crippen molar-refractivity contribution in [1.82, 2.24) is 4.98 Å². The Morgan fingerprint density at radius 1 is 0.900 bits per heavy atom. The van der Waals surface area contributed by atoms with E-state index in [1.54, 1.807) is 24.3 Å². The van der Waals surface area contributed by atoms with E-state index in [2.05, 4.69) is 4.98 Å². The van der Waals surface area contributed by atoms with Crippen LogP contribution in [0.1, 0.15) is 37.5 Å². The van der Waals surface area contributed by atoms with E-state index in [0.29, 0.717) is 16.9 Å². The first-order chi connectivity index (χ1) is 9.49. The minimum Gasteiger partial charge on any atom is -0.268 e. The molecule has 2 heterocycles. The van der Waals surface area contributed by atoms with Crippen molar-refractivity contribution >= 4 is 17.6 Å². The van der Waals surface area contributed by atoms with Crippen LogP contribution >= 0.6 is 0 Å². The van der Waals surface area contributed by atoms with Crippen LogP contribution in [0, 0.1) is 20.8 Å². The van der Waals surface area contributed by atoms with E-state index in [0.717, 1.165) is 21.7 Å². The van der Waals surface area contributed by atoms with Gasteiger partial charge in [0.15, 0.2) is 0 Å². The number of amides is 2. The van der Waals surface area contributed by atoms with Gasteiger partial charge in [-0.1, -0.05) is 6.07 Å². The van der Waals surface area contributed by atoms with Crippen LogP contribution in [0.3, 0.4) is 0 Å². The monoisotopic (exact) mass is 266 g/mol. The predicted molar refractivity (Wildman–Crippen MR) is 76.0 cm³/mol. The van der Waals surface area contributed by atoms with Gasteiger partial charge in [-0.2, -0.15) is 0 Å². The van der Waals surface area contributed by atoms with Crippen molar-refractivity contribution in [2.45, 2.75) is 20.8 Å². The van der Waals surface area contributed by atoms with E-state index < -0.39 is 0 Å². The van der Waals surface area contributed by atoms with E-state index in [9.17, 15) is 9.59 Å². The van der Waals surface area contributed by atoms with Gasteiger partial charge in [-0.3, -0.25) is 9.59 Å². The second-order valence-corrected chi connectivity index (χ2v) is 5.06. The molecule has 1 aliphatic rings. The number of nitrogens with zero attached hydrogens (tertiary/aromatic N) is 2. The molecule has 0 spiro atoms. The number of aromatic nitrogens is 1. The summed E-state index contributed by atoms with van der Waals surface area (Å²) >= 11 is 0. The Kier molecular flexibility index (Phi) is 2.67. The van der Waals surface area contributed by atoms with Gasteiger partial charge in [-0.25, -0.2) is 9.88 Å². The average molecular weight is 266 g/mol. The molecule has 3 rings (SSSR count). The summed E-state index contributed by atoms with van der Waals surface area (Å²) in [6.07, 6.45) is 0. The molecule has 0 unspecified atom stereocenters. The highest BCUT2D eigenvalue weighted by Gasteiger charge is 2.37. The largest absolute Gasteiger partial charge is 0.268 e. The number of hydrogen-bond acceptors (Lipinski definition) is 3. The number of aryl methyl sites for hydroxylation is 3. The molecule has 4 heteroatoms. The SMILES string of the molecule is Cc1cccc(N2C(=O)c3cc(C)c(C)cc3C2=O)n1. The van der Waals surface area contributed by atoms with Crippen LogP contribution in [0.15, 0.2) is 30.3 Å². The van der Waals surface area contributed by atoms with E-state index in [1.807, 2.05) is 26.8 Å². The number of carbonyl (C=O) groups is 2. The van der Waals surface area contributed by atoms with E-state index in [-0.39, 0.29) is 11.8 Å². The molecule has 2 aromatic rings. The Labute approximate surface area is 117 Å². The highest BCUT2D eigenvalue weighted by molar-refractivity contribution is 6.34. The highest BCUT2D eigenvalue weighted by atomic mass is 16.2. The van der Waals surface area contributed by atoms with E-state index in [1.165, 1.54) is 0 Å². The quantitative estimate of drug-likeness (QED) is 0.746. The number of pyridine rings is 1. The van der Waals surface area contributed by atoms with Gasteiger partial charge >= 0.3 is 0 Å². The summed E-state index contributed by atoms with van der Waals surface area (Å²) in [6.45, 7) is 5.69. The number of rotatable bonds is 1. The Bertz CT molecular complexity index is 709. The molecule has 0 saturated heterocycles. The number of benzene rings is 1. The Morgan fingerprint density at radius 2 is 1.45 bits per heavy atom. The zero-order valence-electron chi connectivity index (χ0n) is 11.6. The highest BCUT2D eigenvalue weighted by Crippen LogP contribution is 2.29. The molecule has 1 aromatic carbocycles. The van der Waals surface area contributed by atoms with Crippen molar-refractivity contribution in [3.8, 4) is 0 Å². The van der Waals surface area contributed by atoms with Crippen LogP contribution in [0.4, 0.5) is 5.82 Å². The minimum atomic E-state index is -0.300. The van der Waals surface area contributed by atoms with Gasteiger partial charge in [0.1, 0.15) is 5.82 Å². The summed E-state index contributed by atoms with van der Waals surface area (Å²) in [7, 11) is 0. The Balaban J connectivity index is 2.14. The predicted octanol–water partition coefficient (Wildman–Crippen LogP) is 2.81. The van der Waals surface area contributed by atoms with Crippen molar-refractivity contribution in [2.75, 3.05) is 4.90 Å². The summed E-state index contributed by atoms with van der Waals surface area (Å²) in [5.41, 5.74) is 3.70. The van der Waals surface area contributed by atoms with Gasteiger partial charge in [0, 0.05) is 5.69 Å². The van der Waals surface area contributed by atoms with Crippen LogP contribution < -0.4 is 4.90 Å². The summed E-state index contributed by atoms with van der Waals surface area (Å²) < 4.78 is 0. The molecule has 100 valence electrons. The van der Waals surface area contributed by atoms with Gasteiger partial charge in [-0.05, 0) is 56.2 Å². The van der Waals surface area contributed by atoms with Crippen molar-refractivity contribution < 1.29 is 9.59 Å². The van der Waals surface area contributed by atoms with Gasteiger partial charge in [0.2, 0.25) is 0 Å². The summed E-state index contributed by atoms with van der Waals surface area (Å²) in [5.74, 6) is -0.219. The zero-order valence-corrected chi connectivity index (χ0v) is 11.6. The van der Waals surface area contributed by atoms with Gasteiger partial charge < -0.3 is 0 Å². The molecule has 2 amide bonds. The van der Waals surface area contributed by atoms with Gasteiger partial charge in [0.05, 0.1) is 11.1 Å². The molecule has 0 radical (unpaired) electrons. The number of anilines is 1. The maximum atomic E-state index is 12.4. The lowest BCUT2D eigenvalue weighted by Gasteiger charge is -2.12. The van der Waals surface area contributed by atoms with Crippen molar-refractivity contribution in [3.63, 3.8) is 0 Å². The first-order valence-electron chi connectivity index (χ1n) is 6.42. The fourth-order valence-electron chi connectivity index (χ4n) is 2.36. The average Bonchev–Trinajstić information content (AvgIpc) is 2.63. The topological polar surface area (TPSA) is 50.3 Å². The third-order valence-corrected chi connectivity index (χ3v) is 3.60. The molecule has 1 aliphatic heterocycles. The molecule has 1 aromatic heterocycles. The Morgan fingerprint density at radius 3 is 1.95 bits per heavy atom. The molecule has 0 fully saturated rings. The number of hydrogen-bond donors (Lipinski definition) is 0. The maximum absolute atomic E-state index is 12.4. The summed E-state index contributed by atoms with van der Waals surface area (Å²) in [5, 5.41) is 0. The third kappa shape index (κ3) is 1.72. The molecule has 4 nitrogen and oxygen atoms in total. The molecule has 0 saturated carbocycles. The molecule has 0 atom stereocenters.